The van der Waals surface area contributed by atoms with Crippen LogP contribution in [0.3, 0.4) is 0 Å². The fourth-order valence-electron chi connectivity index (χ4n) is 2.09. The van der Waals surface area contributed by atoms with Crippen LogP contribution < -0.4 is 5.32 Å². The maximum atomic E-state index is 3.14. The fourth-order valence-corrected chi connectivity index (χ4v) is 2.09. The molecule has 0 aliphatic heterocycles. The van der Waals surface area contributed by atoms with Crippen molar-refractivity contribution in [2.75, 3.05) is 12.4 Å². The van der Waals surface area contributed by atoms with E-state index in [0.29, 0.717) is 0 Å². The highest BCUT2D eigenvalue weighted by Gasteiger charge is 2.05. The minimum Gasteiger partial charge on any atom is -0.388 e. The first kappa shape index (κ1) is 11.7. The van der Waals surface area contributed by atoms with E-state index >= 15 is 0 Å². The van der Waals surface area contributed by atoms with Crippen molar-refractivity contribution in [1.82, 2.24) is 0 Å². The van der Waals surface area contributed by atoms with E-state index < -0.39 is 0 Å². The van der Waals surface area contributed by atoms with Gasteiger partial charge in [0.05, 0.1) is 0 Å². The van der Waals surface area contributed by atoms with E-state index in [1.807, 2.05) is 7.05 Å². The second-order valence-electron chi connectivity index (χ2n) is 4.51. The minimum absolute atomic E-state index is 1.15. The summed E-state index contributed by atoms with van der Waals surface area (Å²) in [6, 6.07) is 13.0. The van der Waals surface area contributed by atoms with Gasteiger partial charge in [-0.2, -0.15) is 0 Å². The van der Waals surface area contributed by atoms with Gasteiger partial charge in [-0.3, -0.25) is 0 Å². The van der Waals surface area contributed by atoms with Crippen molar-refractivity contribution < 1.29 is 0 Å². The Bertz CT molecular complexity index is 524. The smallest absolute Gasteiger partial charge is 0.0337 e. The molecule has 0 aliphatic carbocycles. The molecular weight excluding hydrogens is 206 g/mol. The summed E-state index contributed by atoms with van der Waals surface area (Å²) < 4.78 is 0. The molecule has 0 heterocycles. The first-order valence-electron chi connectivity index (χ1n) is 5.98. The SMILES string of the molecule is CNc1ccc(-c2ccc(C)c(C)c2C)cc1. The maximum Gasteiger partial charge on any atom is 0.0337 e. The Morgan fingerprint density at radius 3 is 2.00 bits per heavy atom. The van der Waals surface area contributed by atoms with Gasteiger partial charge in [0.15, 0.2) is 0 Å². The molecule has 0 amide bonds. The Hall–Kier alpha value is -1.76. The standard InChI is InChI=1S/C16H19N/c1-11-5-10-16(13(3)12(11)2)14-6-8-15(17-4)9-7-14/h5-10,17H,1-4H3. The highest BCUT2D eigenvalue weighted by molar-refractivity contribution is 5.70. The lowest BCUT2D eigenvalue weighted by Crippen LogP contribution is -1.91. The van der Waals surface area contributed by atoms with Crippen LogP contribution in [0.4, 0.5) is 5.69 Å². The summed E-state index contributed by atoms with van der Waals surface area (Å²) in [6.07, 6.45) is 0. The summed E-state index contributed by atoms with van der Waals surface area (Å²) in [7, 11) is 1.94. The third kappa shape index (κ3) is 2.19. The van der Waals surface area contributed by atoms with Crippen molar-refractivity contribution in [2.24, 2.45) is 0 Å². The molecule has 1 nitrogen and oxygen atoms in total. The quantitative estimate of drug-likeness (QED) is 0.802. The molecule has 0 saturated carbocycles. The molecule has 0 saturated heterocycles. The monoisotopic (exact) mass is 225 g/mol. The Morgan fingerprint density at radius 1 is 0.765 bits per heavy atom. The molecule has 2 aromatic rings. The minimum atomic E-state index is 1.15. The Morgan fingerprint density at radius 2 is 1.41 bits per heavy atom. The number of nitrogens with one attached hydrogen (secondary N) is 1. The van der Waals surface area contributed by atoms with Crippen molar-refractivity contribution in [3.8, 4) is 11.1 Å². The second kappa shape index (κ2) is 4.62. The van der Waals surface area contributed by atoms with Crippen LogP contribution in [-0.4, -0.2) is 7.05 Å². The van der Waals surface area contributed by atoms with Crippen molar-refractivity contribution >= 4 is 5.69 Å². The third-order valence-corrected chi connectivity index (χ3v) is 3.54. The zero-order valence-electron chi connectivity index (χ0n) is 11.0. The van der Waals surface area contributed by atoms with Crippen molar-refractivity contribution in [3.05, 3.63) is 53.1 Å². The molecule has 0 radical (unpaired) electrons. The average Bonchev–Trinajstić information content (AvgIpc) is 2.36. The number of benzene rings is 2. The zero-order chi connectivity index (χ0) is 12.4. The summed E-state index contributed by atoms with van der Waals surface area (Å²) in [5, 5.41) is 3.14. The Balaban J connectivity index is 2.49. The fraction of sp³-hybridized carbons (Fsp3) is 0.250. The van der Waals surface area contributed by atoms with Crippen LogP contribution in [-0.2, 0) is 0 Å². The van der Waals surface area contributed by atoms with Gasteiger partial charge in [-0.25, -0.2) is 0 Å². The number of rotatable bonds is 2. The highest BCUT2D eigenvalue weighted by Crippen LogP contribution is 2.28. The van der Waals surface area contributed by atoms with Gasteiger partial charge in [-0.15, -0.1) is 0 Å². The molecule has 88 valence electrons. The summed E-state index contributed by atoms with van der Waals surface area (Å²) in [5.41, 5.74) is 7.89. The average molecular weight is 225 g/mol. The number of aryl methyl sites for hydroxylation is 1. The summed E-state index contributed by atoms with van der Waals surface area (Å²) in [5.74, 6) is 0. The van der Waals surface area contributed by atoms with Crippen LogP contribution in [0, 0.1) is 20.8 Å². The Labute approximate surface area is 103 Å². The van der Waals surface area contributed by atoms with E-state index in [1.54, 1.807) is 0 Å². The molecule has 0 spiro atoms. The Kier molecular flexibility index (Phi) is 3.19. The largest absolute Gasteiger partial charge is 0.388 e. The summed E-state index contributed by atoms with van der Waals surface area (Å²) in [4.78, 5) is 0. The molecule has 1 N–H and O–H groups in total. The highest BCUT2D eigenvalue weighted by atomic mass is 14.8. The molecule has 0 bridgehead atoms. The lowest BCUT2D eigenvalue weighted by molar-refractivity contribution is 1.27. The van der Waals surface area contributed by atoms with Crippen molar-refractivity contribution in [1.29, 1.82) is 0 Å². The molecule has 2 rings (SSSR count). The van der Waals surface area contributed by atoms with Crippen LogP contribution in [0.15, 0.2) is 36.4 Å². The lowest BCUT2D eigenvalue weighted by Gasteiger charge is -2.12. The molecular formula is C16H19N. The van der Waals surface area contributed by atoms with E-state index in [1.165, 1.54) is 27.8 Å². The molecule has 0 atom stereocenters. The third-order valence-electron chi connectivity index (χ3n) is 3.54. The van der Waals surface area contributed by atoms with Gasteiger partial charge in [-0.1, -0.05) is 24.3 Å². The van der Waals surface area contributed by atoms with E-state index in [-0.39, 0.29) is 0 Å². The number of anilines is 1. The predicted octanol–water partition coefficient (Wildman–Crippen LogP) is 4.32. The topological polar surface area (TPSA) is 12.0 Å². The molecule has 2 aromatic carbocycles. The lowest BCUT2D eigenvalue weighted by atomic mass is 9.94. The van der Waals surface area contributed by atoms with Gasteiger partial charge in [0.2, 0.25) is 0 Å². The van der Waals surface area contributed by atoms with E-state index in [2.05, 4.69) is 62.5 Å². The molecule has 0 aliphatic rings. The summed E-state index contributed by atoms with van der Waals surface area (Å²) in [6.45, 7) is 6.55. The molecule has 0 aromatic heterocycles. The van der Waals surface area contributed by atoms with Crippen molar-refractivity contribution in [2.45, 2.75) is 20.8 Å². The van der Waals surface area contributed by atoms with Crippen LogP contribution >= 0.6 is 0 Å². The molecule has 0 fully saturated rings. The normalized spacial score (nSPS) is 10.4. The van der Waals surface area contributed by atoms with E-state index in [9.17, 15) is 0 Å². The predicted molar refractivity (Wildman–Crippen MR) is 75.6 cm³/mol. The number of hydrogen-bond acceptors (Lipinski definition) is 1. The number of hydrogen-bond donors (Lipinski definition) is 1. The molecule has 0 unspecified atom stereocenters. The van der Waals surface area contributed by atoms with Gasteiger partial charge < -0.3 is 5.32 Å². The van der Waals surface area contributed by atoms with E-state index in [4.69, 9.17) is 0 Å². The van der Waals surface area contributed by atoms with Crippen LogP contribution in [0.1, 0.15) is 16.7 Å². The zero-order valence-corrected chi connectivity index (χ0v) is 11.0. The van der Waals surface area contributed by atoms with Gasteiger partial charge in [-0.05, 0) is 60.7 Å². The first-order chi connectivity index (χ1) is 8.13. The van der Waals surface area contributed by atoms with Gasteiger partial charge >= 0.3 is 0 Å². The van der Waals surface area contributed by atoms with E-state index in [0.717, 1.165) is 5.69 Å². The molecule has 1 heteroatoms. The van der Waals surface area contributed by atoms with Gasteiger partial charge in [0, 0.05) is 12.7 Å². The van der Waals surface area contributed by atoms with Crippen molar-refractivity contribution in [3.63, 3.8) is 0 Å². The first-order valence-corrected chi connectivity index (χ1v) is 5.98. The van der Waals surface area contributed by atoms with Crippen LogP contribution in [0.25, 0.3) is 11.1 Å². The summed E-state index contributed by atoms with van der Waals surface area (Å²) >= 11 is 0. The second-order valence-corrected chi connectivity index (χ2v) is 4.51. The maximum absolute atomic E-state index is 3.14. The van der Waals surface area contributed by atoms with Crippen LogP contribution in [0.2, 0.25) is 0 Å². The van der Waals surface area contributed by atoms with Crippen LogP contribution in [0.5, 0.6) is 0 Å². The van der Waals surface area contributed by atoms with Gasteiger partial charge in [0.1, 0.15) is 0 Å². The molecule has 17 heavy (non-hydrogen) atoms. The van der Waals surface area contributed by atoms with Gasteiger partial charge in [0.25, 0.3) is 0 Å².